The van der Waals surface area contributed by atoms with Crippen molar-refractivity contribution in [1.29, 1.82) is 0 Å². The van der Waals surface area contributed by atoms with E-state index in [4.69, 9.17) is 4.74 Å². The maximum absolute atomic E-state index is 13.7. The molecule has 0 saturated heterocycles. The molecule has 4 aliphatic carbocycles. The van der Waals surface area contributed by atoms with Gasteiger partial charge in [0.15, 0.2) is 5.78 Å². The van der Waals surface area contributed by atoms with E-state index >= 15 is 0 Å². The van der Waals surface area contributed by atoms with Crippen molar-refractivity contribution in [2.24, 2.45) is 40.4 Å². The summed E-state index contributed by atoms with van der Waals surface area (Å²) in [4.78, 5) is 26.3. The highest BCUT2D eigenvalue weighted by Crippen LogP contribution is 2.66. The Morgan fingerprint density at radius 2 is 1.83 bits per heavy atom. The smallest absolute Gasteiger partial charge is 0.338 e. The highest BCUT2D eigenvalue weighted by Gasteiger charge is 2.61. The SMILES string of the molecule is CC(C(O)CO)[C@H]1CC[C@H]2[C@@H]3C(=O)C=C4CC(OC(=O)c5ccccc5)CC[C@]4(C)[C@H]3CC[C@]12C. The molecule has 0 amide bonds. The van der Waals surface area contributed by atoms with Crippen LogP contribution in [-0.2, 0) is 9.53 Å². The molecule has 0 bridgehead atoms. The number of hydrogen-bond acceptors (Lipinski definition) is 5. The largest absolute Gasteiger partial charge is 0.458 e. The number of ketones is 1. The predicted molar refractivity (Wildman–Crippen MR) is 133 cm³/mol. The monoisotopic (exact) mass is 480 g/mol. The van der Waals surface area contributed by atoms with Crippen LogP contribution in [0.1, 0.15) is 76.1 Å². The molecule has 3 unspecified atom stereocenters. The lowest BCUT2D eigenvalue weighted by molar-refractivity contribution is -0.136. The van der Waals surface area contributed by atoms with Gasteiger partial charge in [0.2, 0.25) is 0 Å². The van der Waals surface area contributed by atoms with Gasteiger partial charge in [0.25, 0.3) is 0 Å². The Hall–Kier alpha value is -1.98. The van der Waals surface area contributed by atoms with Gasteiger partial charge in [-0.2, -0.15) is 0 Å². The zero-order chi connectivity index (χ0) is 25.0. The van der Waals surface area contributed by atoms with Crippen LogP contribution >= 0.6 is 0 Å². The predicted octanol–water partition coefficient (Wildman–Crippen LogP) is 4.96. The van der Waals surface area contributed by atoms with Crippen LogP contribution in [0.3, 0.4) is 0 Å². The van der Waals surface area contributed by atoms with Gasteiger partial charge >= 0.3 is 5.97 Å². The number of aliphatic hydroxyl groups excluding tert-OH is 2. The first-order chi connectivity index (χ1) is 16.7. The van der Waals surface area contributed by atoms with Crippen molar-refractivity contribution in [3.63, 3.8) is 0 Å². The summed E-state index contributed by atoms with van der Waals surface area (Å²) in [7, 11) is 0. The molecule has 35 heavy (non-hydrogen) atoms. The molecule has 0 aromatic heterocycles. The van der Waals surface area contributed by atoms with Crippen molar-refractivity contribution in [2.45, 2.75) is 77.9 Å². The lowest BCUT2D eigenvalue weighted by Gasteiger charge is -2.57. The molecule has 2 N–H and O–H groups in total. The van der Waals surface area contributed by atoms with Crippen LogP contribution in [0.2, 0.25) is 0 Å². The molecule has 0 radical (unpaired) electrons. The lowest BCUT2D eigenvalue weighted by Crippen LogP contribution is -2.54. The first-order valence-electron chi connectivity index (χ1n) is 13.5. The summed E-state index contributed by atoms with van der Waals surface area (Å²) >= 11 is 0. The van der Waals surface area contributed by atoms with E-state index in [9.17, 15) is 19.8 Å². The first kappa shape index (κ1) is 24.7. The van der Waals surface area contributed by atoms with Crippen molar-refractivity contribution < 1.29 is 24.5 Å². The fourth-order valence-corrected chi connectivity index (χ4v) is 8.60. The summed E-state index contributed by atoms with van der Waals surface area (Å²) in [6.07, 6.45) is 7.56. The lowest BCUT2D eigenvalue weighted by atomic mass is 9.46. The van der Waals surface area contributed by atoms with E-state index in [-0.39, 0.29) is 47.1 Å². The third-order valence-electron chi connectivity index (χ3n) is 10.7. The van der Waals surface area contributed by atoms with Crippen LogP contribution in [0, 0.1) is 40.4 Å². The molecule has 1 aromatic rings. The van der Waals surface area contributed by atoms with Crippen molar-refractivity contribution in [3.8, 4) is 0 Å². The Labute approximate surface area is 209 Å². The second-order valence-electron chi connectivity index (χ2n) is 12.2. The molecule has 5 heteroatoms. The summed E-state index contributed by atoms with van der Waals surface area (Å²) in [5.74, 6) is 1.02. The van der Waals surface area contributed by atoms with Crippen LogP contribution in [-0.4, -0.2) is 40.8 Å². The van der Waals surface area contributed by atoms with Gasteiger partial charge in [-0.3, -0.25) is 4.79 Å². The minimum Gasteiger partial charge on any atom is -0.458 e. The molecule has 0 heterocycles. The standard InChI is InChI=1S/C30H40O5/c1-18(26(33)17-31)22-9-10-23-27-24(12-14-30(22,23)3)29(2)13-11-21(15-20(29)16-25(27)32)35-28(34)19-7-5-4-6-8-19/h4-8,16,18,21-24,26-27,31,33H,9-15,17H2,1-3H3/t18?,21?,22-,23+,24+,26?,27+,29+,30-/m1/s1. The first-order valence-corrected chi connectivity index (χ1v) is 13.5. The summed E-state index contributed by atoms with van der Waals surface area (Å²) in [6.45, 7) is 6.53. The number of carbonyl (C=O) groups excluding carboxylic acids is 2. The van der Waals surface area contributed by atoms with Crippen LogP contribution in [0.25, 0.3) is 0 Å². The van der Waals surface area contributed by atoms with Crippen LogP contribution in [0.15, 0.2) is 42.0 Å². The van der Waals surface area contributed by atoms with E-state index in [2.05, 4.69) is 20.8 Å². The minimum atomic E-state index is -0.701. The second kappa shape index (κ2) is 9.15. The quantitative estimate of drug-likeness (QED) is 0.582. The van der Waals surface area contributed by atoms with Gasteiger partial charge in [0.1, 0.15) is 6.10 Å². The minimum absolute atomic E-state index is 0.0239. The van der Waals surface area contributed by atoms with Gasteiger partial charge in [-0.15, -0.1) is 0 Å². The molecular weight excluding hydrogens is 440 g/mol. The van der Waals surface area contributed by atoms with E-state index in [0.29, 0.717) is 29.7 Å². The molecule has 190 valence electrons. The number of esters is 1. The normalized spacial score (nSPS) is 40.1. The Morgan fingerprint density at radius 3 is 2.54 bits per heavy atom. The molecule has 4 aliphatic rings. The molecule has 9 atom stereocenters. The Kier molecular flexibility index (Phi) is 6.46. The van der Waals surface area contributed by atoms with E-state index in [0.717, 1.165) is 38.5 Å². The second-order valence-corrected chi connectivity index (χ2v) is 12.2. The molecule has 3 saturated carbocycles. The summed E-state index contributed by atoms with van der Waals surface area (Å²) in [6, 6.07) is 9.11. The fourth-order valence-electron chi connectivity index (χ4n) is 8.60. The number of carbonyl (C=O) groups is 2. The summed E-state index contributed by atoms with van der Waals surface area (Å²) in [5, 5.41) is 19.9. The van der Waals surface area contributed by atoms with Crippen molar-refractivity contribution in [2.75, 3.05) is 6.61 Å². The number of ether oxygens (including phenoxy) is 1. The van der Waals surface area contributed by atoms with Gasteiger partial charge in [0, 0.05) is 12.3 Å². The van der Waals surface area contributed by atoms with Gasteiger partial charge in [-0.05, 0) is 91.2 Å². The number of hydrogen-bond donors (Lipinski definition) is 2. The zero-order valence-corrected chi connectivity index (χ0v) is 21.3. The molecule has 5 nitrogen and oxygen atoms in total. The van der Waals surface area contributed by atoms with E-state index in [1.165, 1.54) is 5.57 Å². The van der Waals surface area contributed by atoms with E-state index < -0.39 is 6.10 Å². The molecule has 0 aliphatic heterocycles. The molecule has 5 rings (SSSR count). The third-order valence-corrected chi connectivity index (χ3v) is 10.7. The number of benzene rings is 1. The van der Waals surface area contributed by atoms with Gasteiger partial charge in [-0.25, -0.2) is 4.79 Å². The Morgan fingerprint density at radius 1 is 1.09 bits per heavy atom. The third kappa shape index (κ3) is 3.99. The van der Waals surface area contributed by atoms with E-state index in [1.54, 1.807) is 12.1 Å². The van der Waals surface area contributed by atoms with Crippen LogP contribution in [0.4, 0.5) is 0 Å². The van der Waals surface area contributed by atoms with Crippen LogP contribution < -0.4 is 0 Å². The van der Waals surface area contributed by atoms with Gasteiger partial charge < -0.3 is 14.9 Å². The highest BCUT2D eigenvalue weighted by atomic mass is 16.5. The molecular formula is C30H40O5. The summed E-state index contributed by atoms with van der Waals surface area (Å²) in [5.41, 5.74) is 1.74. The maximum Gasteiger partial charge on any atom is 0.338 e. The number of allylic oxidation sites excluding steroid dienone is 1. The number of rotatable bonds is 5. The average Bonchev–Trinajstić information content (AvgIpc) is 3.21. The topological polar surface area (TPSA) is 83.8 Å². The van der Waals surface area contributed by atoms with Crippen molar-refractivity contribution in [1.82, 2.24) is 0 Å². The Balaban J connectivity index is 1.35. The van der Waals surface area contributed by atoms with Crippen LogP contribution in [0.5, 0.6) is 0 Å². The number of aliphatic hydroxyl groups is 2. The van der Waals surface area contributed by atoms with Gasteiger partial charge in [-0.1, -0.05) is 44.5 Å². The number of fused-ring (bicyclic) bond motifs is 5. The van der Waals surface area contributed by atoms with Gasteiger partial charge in [0.05, 0.1) is 18.3 Å². The molecule has 3 fully saturated rings. The molecule has 1 aromatic carbocycles. The fraction of sp³-hybridized carbons (Fsp3) is 0.667. The maximum atomic E-state index is 13.7. The Bertz CT molecular complexity index is 1000. The van der Waals surface area contributed by atoms with Crippen molar-refractivity contribution >= 4 is 11.8 Å². The average molecular weight is 481 g/mol. The zero-order valence-electron chi connectivity index (χ0n) is 21.3. The van der Waals surface area contributed by atoms with Crippen molar-refractivity contribution in [3.05, 3.63) is 47.5 Å². The molecule has 0 spiro atoms. The van der Waals surface area contributed by atoms with E-state index in [1.807, 2.05) is 24.3 Å². The highest BCUT2D eigenvalue weighted by molar-refractivity contribution is 5.94. The summed E-state index contributed by atoms with van der Waals surface area (Å²) < 4.78 is 5.87.